The monoisotopic (exact) mass is 924 g/mol. The van der Waals surface area contributed by atoms with Gasteiger partial charge in [0.25, 0.3) is 0 Å². The van der Waals surface area contributed by atoms with Gasteiger partial charge in [-0.15, -0.1) is 23.5 Å². The van der Waals surface area contributed by atoms with E-state index in [1.54, 1.807) is 23.5 Å². The molecule has 0 atom stereocenters. The summed E-state index contributed by atoms with van der Waals surface area (Å²) >= 11 is 6.07. The fraction of sp³-hybridized carbons (Fsp3) is 0.429. The van der Waals surface area contributed by atoms with Crippen molar-refractivity contribution < 1.29 is 18.9 Å². The molecule has 0 fully saturated rings. The van der Waals surface area contributed by atoms with Crippen molar-refractivity contribution in [1.29, 1.82) is 21.0 Å². The maximum atomic E-state index is 10.0. The number of anilines is 2. The summed E-state index contributed by atoms with van der Waals surface area (Å²) in [6, 6.07) is 24.0. The van der Waals surface area contributed by atoms with Gasteiger partial charge in [-0.2, -0.15) is 21.0 Å². The van der Waals surface area contributed by atoms with E-state index < -0.39 is 0 Å². The van der Waals surface area contributed by atoms with Crippen LogP contribution in [0.4, 0.5) is 11.4 Å². The molecular weight excluding hydrogens is 865 g/mol. The number of rotatable bonds is 20. The molecule has 0 aliphatic rings. The average Bonchev–Trinajstić information content (AvgIpc) is 3.23. The van der Waals surface area contributed by atoms with Crippen LogP contribution in [0.5, 0.6) is 23.0 Å². The number of ether oxygens (including phenoxy) is 4. The largest absolute Gasteiger partial charge is 0.491 e. The minimum absolute atomic E-state index is 0.206. The van der Waals surface area contributed by atoms with Gasteiger partial charge in [0, 0.05) is 26.4 Å². The van der Waals surface area contributed by atoms with Gasteiger partial charge < -0.3 is 30.4 Å². The maximum absolute atomic E-state index is 10.0. The van der Waals surface area contributed by atoms with Crippen LogP contribution in [0.2, 0.25) is 0 Å². The molecule has 0 aliphatic carbocycles. The molecule has 10 nitrogen and oxygen atoms in total. The third-order valence-electron chi connectivity index (χ3n) is 8.24. The van der Waals surface area contributed by atoms with Gasteiger partial charge in [-0.25, -0.2) is 0 Å². The van der Waals surface area contributed by atoms with Gasteiger partial charge in [-0.3, -0.25) is 0 Å². The highest BCUT2D eigenvalue weighted by atomic mass is 32.2. The normalized spacial score (nSPS) is 10.9. The molecule has 0 heterocycles. The van der Waals surface area contributed by atoms with Crippen molar-refractivity contribution >= 4 is 58.4 Å². The zero-order valence-electron chi connectivity index (χ0n) is 38.3. The highest BCUT2D eigenvalue weighted by Gasteiger charge is 2.30. The molecule has 4 rings (SSSR count). The van der Waals surface area contributed by atoms with E-state index in [0.29, 0.717) is 60.8 Å². The summed E-state index contributed by atoms with van der Waals surface area (Å²) in [5.74, 6) is 3.58. The molecule has 0 amide bonds. The molecule has 4 N–H and O–H groups in total. The second kappa shape index (κ2) is 26.0. The van der Waals surface area contributed by atoms with Gasteiger partial charge in [-0.05, 0) is 53.7 Å². The third-order valence-corrected chi connectivity index (χ3v) is 12.9. The van der Waals surface area contributed by atoms with E-state index in [1.807, 2.05) is 111 Å². The number of hydrogen-bond acceptors (Lipinski definition) is 14. The van der Waals surface area contributed by atoms with Gasteiger partial charge in [0.2, 0.25) is 0 Å². The Morgan fingerprint density at radius 2 is 0.778 bits per heavy atom. The van der Waals surface area contributed by atoms with E-state index >= 15 is 0 Å². The highest BCUT2D eigenvalue weighted by molar-refractivity contribution is 8.03. The van der Waals surface area contributed by atoms with Crippen molar-refractivity contribution in [2.45, 2.75) is 111 Å². The maximum Gasteiger partial charge on any atom is 0.153 e. The number of thioether (sulfide) groups is 2. The molecule has 0 aromatic heterocycles. The zero-order chi connectivity index (χ0) is 46.8. The molecule has 4 aromatic carbocycles. The lowest BCUT2D eigenvalue weighted by Crippen LogP contribution is -2.12. The predicted octanol–water partition coefficient (Wildman–Crippen LogP) is 13.1. The van der Waals surface area contributed by atoms with E-state index in [2.05, 4.69) is 38.1 Å². The van der Waals surface area contributed by atoms with Crippen LogP contribution in [0, 0.1) is 69.0 Å². The minimum Gasteiger partial charge on any atom is -0.491 e. The van der Waals surface area contributed by atoms with Crippen LogP contribution in [0.25, 0.3) is 0 Å². The Hall–Kier alpha value is -4.96. The average molecular weight is 925 g/mol. The fourth-order valence-corrected chi connectivity index (χ4v) is 9.77. The van der Waals surface area contributed by atoms with Gasteiger partial charge in [0.15, 0.2) is 23.0 Å². The van der Waals surface area contributed by atoms with Crippen LogP contribution >= 0.6 is 47.0 Å². The summed E-state index contributed by atoms with van der Waals surface area (Å²) in [5, 5.41) is 40.2. The molecule has 0 aliphatic heterocycles. The molecular formula is C49H60N6O4S4. The first-order chi connectivity index (χ1) is 30.0. The lowest BCUT2D eigenvalue weighted by Gasteiger charge is -2.23. The molecule has 0 bridgehead atoms. The van der Waals surface area contributed by atoms with E-state index in [9.17, 15) is 21.0 Å². The van der Waals surface area contributed by atoms with Gasteiger partial charge in [-0.1, -0.05) is 124 Å². The smallest absolute Gasteiger partial charge is 0.153 e. The Labute approximate surface area is 392 Å². The Morgan fingerprint density at radius 3 is 1.06 bits per heavy atom. The molecule has 0 spiro atoms. The highest BCUT2D eigenvalue weighted by Crippen LogP contribution is 2.53. The number of nitriles is 4. The summed E-state index contributed by atoms with van der Waals surface area (Å²) in [5.41, 5.74) is 14.6. The van der Waals surface area contributed by atoms with E-state index in [1.165, 1.54) is 23.5 Å². The second-order valence-corrected chi connectivity index (χ2v) is 21.2. The van der Waals surface area contributed by atoms with Crippen molar-refractivity contribution in [3.05, 3.63) is 70.8 Å². The van der Waals surface area contributed by atoms with E-state index in [-0.39, 0.29) is 51.2 Å². The number of nitrogen functional groups attached to an aromatic ring is 2. The summed E-state index contributed by atoms with van der Waals surface area (Å²) in [6.07, 6.45) is 0. The van der Waals surface area contributed by atoms with Crippen LogP contribution in [0.15, 0.2) is 77.9 Å². The van der Waals surface area contributed by atoms with E-state index in [4.69, 9.17) is 30.4 Å². The third kappa shape index (κ3) is 14.8. The standard InChI is InChI=1S/C25H31N3O2S2.C24H29N3O2S2/c1-15(2)13-29-22-18(11-26)19(12-27)23(30-14-16(3)4)25(24(22)31-17(5)6)32-21-10-8-7-9-20(21)28;1-6-30-23-21(28-13-15(2)3)17(11-25)18(12-26)22(29-14-16(4)5)24(23)31-20-10-8-7-9-19(20)27/h7-10,15-17H,13-14,28H2,1-6H3;7-10,15-16H,6,13-14,27H2,1-5H3. The van der Waals surface area contributed by atoms with Crippen molar-refractivity contribution in [2.24, 2.45) is 23.7 Å². The van der Waals surface area contributed by atoms with Crippen LogP contribution in [-0.4, -0.2) is 37.4 Å². The number of benzene rings is 4. The topological polar surface area (TPSA) is 184 Å². The van der Waals surface area contributed by atoms with Crippen LogP contribution < -0.4 is 30.4 Å². The van der Waals surface area contributed by atoms with Crippen molar-refractivity contribution in [2.75, 3.05) is 43.6 Å². The summed E-state index contributed by atoms with van der Waals surface area (Å²) in [6.45, 7) is 24.3. The van der Waals surface area contributed by atoms with Gasteiger partial charge in [0.05, 0.1) is 46.0 Å². The molecule has 63 heavy (non-hydrogen) atoms. The number of para-hydroxylation sites is 2. The quantitative estimate of drug-likeness (QED) is 0.0630. The molecule has 4 aromatic rings. The van der Waals surface area contributed by atoms with Crippen molar-refractivity contribution in [3.8, 4) is 47.3 Å². The first kappa shape index (κ1) is 52.4. The Kier molecular flexibility index (Phi) is 21.6. The molecule has 334 valence electrons. The fourth-order valence-electron chi connectivity index (χ4n) is 5.47. The summed E-state index contributed by atoms with van der Waals surface area (Å²) in [4.78, 5) is 4.86. The molecule has 14 heteroatoms. The van der Waals surface area contributed by atoms with Crippen molar-refractivity contribution in [1.82, 2.24) is 0 Å². The number of nitrogens with zero attached hydrogens (tertiary/aromatic N) is 4. The summed E-state index contributed by atoms with van der Waals surface area (Å²) < 4.78 is 24.6. The number of hydrogen-bond donors (Lipinski definition) is 2. The first-order valence-electron chi connectivity index (χ1n) is 21.0. The molecule has 0 saturated heterocycles. The van der Waals surface area contributed by atoms with Crippen LogP contribution in [0.1, 0.15) is 98.4 Å². The first-order valence-corrected chi connectivity index (χ1v) is 24.5. The Bertz CT molecular complexity index is 2340. The second-order valence-electron chi connectivity index (χ2n) is 16.3. The van der Waals surface area contributed by atoms with Crippen molar-refractivity contribution in [3.63, 3.8) is 0 Å². The Balaban J connectivity index is 0.000000335. The SMILES string of the molecule is CC(C)COc1c(C#N)c(C#N)c(OCC(C)C)c(SC(C)C)c1Sc1ccccc1N.CCSc1c(OCC(C)C)c(C#N)c(C#N)c(OCC(C)C)c1Sc1ccccc1N. The van der Waals surface area contributed by atoms with Gasteiger partial charge in [0.1, 0.15) is 46.5 Å². The minimum atomic E-state index is 0.206. The molecule has 0 unspecified atom stereocenters. The van der Waals surface area contributed by atoms with Crippen LogP contribution in [-0.2, 0) is 0 Å². The zero-order valence-corrected chi connectivity index (χ0v) is 41.5. The predicted molar refractivity (Wildman–Crippen MR) is 260 cm³/mol. The van der Waals surface area contributed by atoms with E-state index in [0.717, 1.165) is 35.1 Å². The lowest BCUT2D eigenvalue weighted by molar-refractivity contribution is 0.252. The Morgan fingerprint density at radius 1 is 0.476 bits per heavy atom. The number of nitrogens with two attached hydrogens (primary N) is 2. The van der Waals surface area contributed by atoms with Gasteiger partial charge >= 0.3 is 0 Å². The lowest BCUT2D eigenvalue weighted by atomic mass is 10.1. The van der Waals surface area contributed by atoms with Crippen LogP contribution in [0.3, 0.4) is 0 Å². The molecule has 0 saturated carbocycles. The summed E-state index contributed by atoms with van der Waals surface area (Å²) in [7, 11) is 0. The molecule has 0 radical (unpaired) electrons.